The fraction of sp³-hybridized carbons (Fsp3) is 0.600. The summed E-state index contributed by atoms with van der Waals surface area (Å²) in [5.74, 6) is -2.59. The van der Waals surface area contributed by atoms with Gasteiger partial charge < -0.3 is 27.2 Å². The van der Waals surface area contributed by atoms with E-state index >= 15 is 0 Å². The summed E-state index contributed by atoms with van der Waals surface area (Å²) in [5.41, 5.74) is 9.79. The van der Waals surface area contributed by atoms with E-state index in [0.717, 1.165) is 0 Å². The number of nitrogens with two attached hydrogens (primary N) is 2. The van der Waals surface area contributed by atoms with E-state index in [1.165, 1.54) is 0 Å². The number of unbranched alkanes of at least 4 members (excludes halogenated alkanes) is 1. The van der Waals surface area contributed by atoms with Crippen molar-refractivity contribution in [2.24, 2.45) is 11.5 Å². The highest BCUT2D eigenvalue weighted by Crippen LogP contribution is 1.94. The molecule has 1 atom stereocenters. The van der Waals surface area contributed by atoms with Crippen LogP contribution in [0.1, 0.15) is 25.7 Å². The summed E-state index contributed by atoms with van der Waals surface area (Å²) in [6.45, 7) is 0.266. The molecule has 0 saturated carbocycles. The third-order valence-electron chi connectivity index (χ3n) is 2.14. The smallest absolute Gasteiger partial charge is 0.326 e. The molecule has 108 valence electrons. The summed E-state index contributed by atoms with van der Waals surface area (Å²) in [5, 5.41) is 13.2. The zero-order chi connectivity index (χ0) is 14.8. The predicted octanol–water partition coefficient (Wildman–Crippen LogP) is -1.73. The Labute approximate surface area is 109 Å². The highest BCUT2D eigenvalue weighted by Gasteiger charge is 2.21. The quantitative estimate of drug-likeness (QED) is 0.315. The molecule has 0 aliphatic carbocycles. The summed E-state index contributed by atoms with van der Waals surface area (Å²) in [6.07, 6.45) is 0.802. The van der Waals surface area contributed by atoms with Gasteiger partial charge in [0.05, 0.1) is 6.42 Å². The molecule has 0 radical (unpaired) electrons. The standard InChI is InChI=1S/C10H18N4O5/c11-7(15)3-1-2-4-13-10(19)14-6(9(17)18)5-8(12)16/h6H,1-5H2,(H2,11,15)(H2,12,16)(H,17,18)(H2,13,14,19)/t6-/m1/s1. The second-order valence-electron chi connectivity index (χ2n) is 3.88. The second-order valence-corrected chi connectivity index (χ2v) is 3.88. The van der Waals surface area contributed by atoms with Crippen molar-refractivity contribution >= 4 is 23.8 Å². The molecule has 0 heterocycles. The number of carbonyl (C=O) groups is 4. The molecule has 0 aromatic heterocycles. The number of aliphatic carboxylic acids is 1. The first-order valence-corrected chi connectivity index (χ1v) is 5.66. The van der Waals surface area contributed by atoms with Gasteiger partial charge in [0.25, 0.3) is 0 Å². The number of carboxylic acids is 1. The van der Waals surface area contributed by atoms with Crippen LogP contribution in [0.2, 0.25) is 0 Å². The molecule has 0 aliphatic rings. The molecule has 9 heteroatoms. The van der Waals surface area contributed by atoms with Gasteiger partial charge in [-0.2, -0.15) is 0 Å². The van der Waals surface area contributed by atoms with Gasteiger partial charge in [-0.3, -0.25) is 9.59 Å². The van der Waals surface area contributed by atoms with Crippen molar-refractivity contribution < 1.29 is 24.3 Å². The molecule has 0 rings (SSSR count). The number of urea groups is 1. The van der Waals surface area contributed by atoms with Crippen LogP contribution < -0.4 is 22.1 Å². The van der Waals surface area contributed by atoms with E-state index in [2.05, 4.69) is 10.6 Å². The van der Waals surface area contributed by atoms with E-state index in [4.69, 9.17) is 16.6 Å². The van der Waals surface area contributed by atoms with Gasteiger partial charge in [0.1, 0.15) is 6.04 Å². The van der Waals surface area contributed by atoms with Gasteiger partial charge in [0, 0.05) is 13.0 Å². The number of amides is 4. The van der Waals surface area contributed by atoms with Gasteiger partial charge in [-0.05, 0) is 12.8 Å². The highest BCUT2D eigenvalue weighted by atomic mass is 16.4. The van der Waals surface area contributed by atoms with E-state index in [9.17, 15) is 19.2 Å². The fourth-order valence-corrected chi connectivity index (χ4v) is 1.24. The van der Waals surface area contributed by atoms with Gasteiger partial charge in [-0.15, -0.1) is 0 Å². The molecule has 7 N–H and O–H groups in total. The summed E-state index contributed by atoms with van der Waals surface area (Å²) in [4.78, 5) is 43.1. The lowest BCUT2D eigenvalue weighted by Crippen LogP contribution is -2.47. The molecule has 9 nitrogen and oxygen atoms in total. The van der Waals surface area contributed by atoms with Crippen molar-refractivity contribution in [1.29, 1.82) is 0 Å². The monoisotopic (exact) mass is 274 g/mol. The average Bonchev–Trinajstić information content (AvgIpc) is 2.26. The molecule has 0 saturated heterocycles. The van der Waals surface area contributed by atoms with Gasteiger partial charge in [-0.1, -0.05) is 0 Å². The molecule has 0 aromatic rings. The van der Waals surface area contributed by atoms with Crippen LogP contribution in [0.3, 0.4) is 0 Å². The van der Waals surface area contributed by atoms with E-state index in [1.807, 2.05) is 0 Å². The number of primary amides is 2. The summed E-state index contributed by atoms with van der Waals surface area (Å²) in [7, 11) is 0. The molecule has 0 aromatic carbocycles. The van der Waals surface area contributed by atoms with Crippen molar-refractivity contribution in [3.63, 3.8) is 0 Å². The number of carbonyl (C=O) groups excluding carboxylic acids is 3. The molecular weight excluding hydrogens is 256 g/mol. The molecule has 19 heavy (non-hydrogen) atoms. The van der Waals surface area contributed by atoms with Crippen LogP contribution >= 0.6 is 0 Å². The predicted molar refractivity (Wildman–Crippen MR) is 64.8 cm³/mol. The van der Waals surface area contributed by atoms with Crippen LogP contribution in [0, 0.1) is 0 Å². The molecule has 0 spiro atoms. The molecule has 0 bridgehead atoms. The average molecular weight is 274 g/mol. The third kappa shape index (κ3) is 9.39. The van der Waals surface area contributed by atoms with Gasteiger partial charge >= 0.3 is 12.0 Å². The lowest BCUT2D eigenvalue weighted by molar-refractivity contribution is -0.140. The Bertz CT molecular complexity index is 358. The first kappa shape index (κ1) is 16.7. The largest absolute Gasteiger partial charge is 0.480 e. The van der Waals surface area contributed by atoms with Crippen molar-refractivity contribution in [3.8, 4) is 0 Å². The zero-order valence-electron chi connectivity index (χ0n) is 10.3. The minimum atomic E-state index is -1.36. The summed E-state index contributed by atoms with van der Waals surface area (Å²) >= 11 is 0. The Morgan fingerprint density at radius 2 is 1.68 bits per heavy atom. The highest BCUT2D eigenvalue weighted by molar-refractivity contribution is 5.87. The lowest BCUT2D eigenvalue weighted by Gasteiger charge is -2.13. The Kier molecular flexibility index (Phi) is 7.66. The summed E-state index contributed by atoms with van der Waals surface area (Å²) < 4.78 is 0. The van der Waals surface area contributed by atoms with Crippen molar-refractivity contribution in [2.45, 2.75) is 31.7 Å². The zero-order valence-corrected chi connectivity index (χ0v) is 10.3. The van der Waals surface area contributed by atoms with Crippen LogP contribution in [-0.2, 0) is 14.4 Å². The Balaban J connectivity index is 3.90. The van der Waals surface area contributed by atoms with Gasteiger partial charge in [0.15, 0.2) is 0 Å². The maximum Gasteiger partial charge on any atom is 0.326 e. The molecule has 0 aliphatic heterocycles. The fourth-order valence-electron chi connectivity index (χ4n) is 1.24. The number of nitrogens with one attached hydrogen (secondary N) is 2. The van der Waals surface area contributed by atoms with Crippen LogP contribution in [0.5, 0.6) is 0 Å². The minimum absolute atomic E-state index is 0.225. The van der Waals surface area contributed by atoms with Crippen molar-refractivity contribution in [1.82, 2.24) is 10.6 Å². The number of rotatable bonds is 9. The Morgan fingerprint density at radius 3 is 2.16 bits per heavy atom. The lowest BCUT2D eigenvalue weighted by atomic mass is 10.2. The van der Waals surface area contributed by atoms with Crippen molar-refractivity contribution in [3.05, 3.63) is 0 Å². The van der Waals surface area contributed by atoms with Crippen molar-refractivity contribution in [2.75, 3.05) is 6.54 Å². The van der Waals surface area contributed by atoms with E-state index in [0.29, 0.717) is 12.8 Å². The van der Waals surface area contributed by atoms with E-state index < -0.39 is 36.3 Å². The van der Waals surface area contributed by atoms with Crippen LogP contribution in [-0.4, -0.2) is 41.5 Å². The van der Waals surface area contributed by atoms with E-state index in [1.54, 1.807) is 0 Å². The molecule has 0 unspecified atom stereocenters. The molecular formula is C10H18N4O5. The maximum absolute atomic E-state index is 11.3. The number of hydrogen-bond donors (Lipinski definition) is 5. The van der Waals surface area contributed by atoms with Gasteiger partial charge in [-0.25, -0.2) is 9.59 Å². The van der Waals surface area contributed by atoms with Crippen LogP contribution in [0.15, 0.2) is 0 Å². The normalized spacial score (nSPS) is 11.4. The third-order valence-corrected chi connectivity index (χ3v) is 2.14. The molecule has 4 amide bonds. The van der Waals surface area contributed by atoms with Crippen LogP contribution in [0.25, 0.3) is 0 Å². The van der Waals surface area contributed by atoms with E-state index in [-0.39, 0.29) is 13.0 Å². The number of hydrogen-bond acceptors (Lipinski definition) is 4. The van der Waals surface area contributed by atoms with Crippen LogP contribution in [0.4, 0.5) is 4.79 Å². The minimum Gasteiger partial charge on any atom is -0.480 e. The maximum atomic E-state index is 11.3. The first-order chi connectivity index (χ1) is 8.82. The first-order valence-electron chi connectivity index (χ1n) is 5.66. The number of carboxylic acid groups (broad SMARTS) is 1. The van der Waals surface area contributed by atoms with Gasteiger partial charge in [0.2, 0.25) is 11.8 Å². The molecule has 0 fully saturated rings. The Hall–Kier alpha value is -2.32. The SMILES string of the molecule is NC(=O)CCCCNC(=O)N[C@H](CC(N)=O)C(=O)O. The Morgan fingerprint density at radius 1 is 1.05 bits per heavy atom. The topological polar surface area (TPSA) is 165 Å². The summed E-state index contributed by atoms with van der Waals surface area (Å²) in [6, 6.07) is -2.07. The second kappa shape index (κ2) is 8.72.